The molecule has 1 N–H and O–H groups in total. The lowest BCUT2D eigenvalue weighted by atomic mass is 10.0. The van der Waals surface area contributed by atoms with Gasteiger partial charge in [0.05, 0.1) is 5.52 Å². The summed E-state index contributed by atoms with van der Waals surface area (Å²) in [7, 11) is 0. The third-order valence-electron chi connectivity index (χ3n) is 4.09. The van der Waals surface area contributed by atoms with Crippen LogP contribution in [0.25, 0.3) is 10.9 Å². The Hall–Kier alpha value is -1.49. The summed E-state index contributed by atoms with van der Waals surface area (Å²) in [4.78, 5) is 12.3. The van der Waals surface area contributed by atoms with Crippen molar-refractivity contribution >= 4 is 28.8 Å². The number of fused-ring (bicyclic) bond motifs is 3. The normalized spacial score (nSPS) is 14.2. The van der Waals surface area contributed by atoms with Gasteiger partial charge in [-0.05, 0) is 48.6 Å². The average molecular weight is 320 g/mol. The van der Waals surface area contributed by atoms with Crippen molar-refractivity contribution in [3.05, 3.63) is 35.3 Å². The molecular formula is C17H21FN2OS. The van der Waals surface area contributed by atoms with Gasteiger partial charge in [-0.1, -0.05) is 26.2 Å². The SMILES string of the molecule is CCCCCCSn1c2c(c3cc(F)ccc31)CCNC2=O. The Morgan fingerprint density at radius 2 is 2.18 bits per heavy atom. The second-order valence-electron chi connectivity index (χ2n) is 5.68. The first-order chi connectivity index (χ1) is 10.7. The van der Waals surface area contributed by atoms with Crippen LogP contribution in [0.3, 0.4) is 0 Å². The number of carbonyl (C=O) groups excluding carboxylic acids is 1. The highest BCUT2D eigenvalue weighted by Gasteiger charge is 2.26. The van der Waals surface area contributed by atoms with Crippen molar-refractivity contribution in [1.82, 2.24) is 9.29 Å². The number of carbonyl (C=O) groups is 1. The van der Waals surface area contributed by atoms with E-state index in [1.54, 1.807) is 24.1 Å². The Balaban J connectivity index is 1.93. The van der Waals surface area contributed by atoms with Gasteiger partial charge >= 0.3 is 0 Å². The van der Waals surface area contributed by atoms with Crippen molar-refractivity contribution in [2.45, 2.75) is 39.0 Å². The van der Waals surface area contributed by atoms with Crippen LogP contribution in [0, 0.1) is 5.82 Å². The molecule has 0 saturated carbocycles. The molecule has 0 radical (unpaired) electrons. The molecular weight excluding hydrogens is 299 g/mol. The molecule has 118 valence electrons. The Labute approximate surface area is 134 Å². The van der Waals surface area contributed by atoms with Crippen LogP contribution in [0.2, 0.25) is 0 Å². The molecule has 0 aliphatic carbocycles. The summed E-state index contributed by atoms with van der Waals surface area (Å²) in [5.74, 6) is 0.686. The minimum absolute atomic E-state index is 0.0427. The van der Waals surface area contributed by atoms with E-state index in [4.69, 9.17) is 0 Å². The first kappa shape index (κ1) is 15.4. The van der Waals surface area contributed by atoms with E-state index in [-0.39, 0.29) is 11.7 Å². The topological polar surface area (TPSA) is 34.0 Å². The molecule has 1 aliphatic heterocycles. The summed E-state index contributed by atoms with van der Waals surface area (Å²) in [6.07, 6.45) is 5.58. The number of nitrogens with one attached hydrogen (secondary N) is 1. The van der Waals surface area contributed by atoms with Crippen LogP contribution in [-0.2, 0) is 6.42 Å². The molecule has 0 unspecified atom stereocenters. The van der Waals surface area contributed by atoms with Crippen LogP contribution in [-0.4, -0.2) is 22.2 Å². The standard InChI is InChI=1S/C17H21FN2OS/c1-2-3-4-5-10-22-20-15-7-6-12(18)11-14(15)13-8-9-19-17(21)16(13)20/h6-7,11H,2-5,8-10H2,1H3,(H,19,21). The number of halogens is 1. The van der Waals surface area contributed by atoms with E-state index in [1.807, 2.05) is 3.97 Å². The van der Waals surface area contributed by atoms with Gasteiger partial charge < -0.3 is 5.32 Å². The van der Waals surface area contributed by atoms with E-state index in [0.717, 1.165) is 35.1 Å². The van der Waals surface area contributed by atoms with Gasteiger partial charge in [0.15, 0.2) is 0 Å². The van der Waals surface area contributed by atoms with Crippen molar-refractivity contribution in [1.29, 1.82) is 0 Å². The first-order valence-corrected chi connectivity index (χ1v) is 8.91. The zero-order chi connectivity index (χ0) is 15.5. The summed E-state index contributed by atoms with van der Waals surface area (Å²) in [6.45, 7) is 2.82. The molecule has 0 fully saturated rings. The van der Waals surface area contributed by atoms with Gasteiger partial charge in [0.25, 0.3) is 5.91 Å². The fourth-order valence-electron chi connectivity index (χ4n) is 2.98. The van der Waals surface area contributed by atoms with Crippen molar-refractivity contribution in [3.63, 3.8) is 0 Å². The lowest BCUT2D eigenvalue weighted by Gasteiger charge is -2.15. The van der Waals surface area contributed by atoms with Crippen LogP contribution in [0.1, 0.15) is 48.7 Å². The van der Waals surface area contributed by atoms with Gasteiger partial charge in [-0.25, -0.2) is 4.39 Å². The number of hydrogen-bond donors (Lipinski definition) is 1. The zero-order valence-corrected chi connectivity index (χ0v) is 13.6. The minimum atomic E-state index is -0.244. The van der Waals surface area contributed by atoms with E-state index >= 15 is 0 Å². The Bertz CT molecular complexity index is 696. The van der Waals surface area contributed by atoms with Crippen LogP contribution in [0.15, 0.2) is 18.2 Å². The number of nitrogens with zero attached hydrogens (tertiary/aromatic N) is 1. The predicted molar refractivity (Wildman–Crippen MR) is 89.9 cm³/mol. The average Bonchev–Trinajstić information content (AvgIpc) is 2.82. The van der Waals surface area contributed by atoms with Crippen LogP contribution < -0.4 is 5.32 Å². The van der Waals surface area contributed by atoms with Gasteiger partial charge in [0, 0.05) is 17.7 Å². The van der Waals surface area contributed by atoms with Crippen LogP contribution >= 0.6 is 11.9 Å². The summed E-state index contributed by atoms with van der Waals surface area (Å²) < 4.78 is 15.6. The van der Waals surface area contributed by atoms with Crippen LogP contribution in [0.5, 0.6) is 0 Å². The molecule has 3 rings (SSSR count). The maximum Gasteiger partial charge on any atom is 0.269 e. The predicted octanol–water partition coefficient (Wildman–Crippen LogP) is 4.14. The van der Waals surface area contributed by atoms with E-state index in [0.29, 0.717) is 12.2 Å². The van der Waals surface area contributed by atoms with E-state index in [2.05, 4.69) is 12.2 Å². The molecule has 0 spiro atoms. The molecule has 0 saturated heterocycles. The lowest BCUT2D eigenvalue weighted by Crippen LogP contribution is -2.32. The monoisotopic (exact) mass is 320 g/mol. The molecule has 0 bridgehead atoms. The third kappa shape index (κ3) is 2.86. The molecule has 3 nitrogen and oxygen atoms in total. The van der Waals surface area contributed by atoms with Crippen molar-refractivity contribution in [2.24, 2.45) is 0 Å². The lowest BCUT2D eigenvalue weighted by molar-refractivity contribution is 0.0941. The minimum Gasteiger partial charge on any atom is -0.350 e. The van der Waals surface area contributed by atoms with E-state index in [9.17, 15) is 9.18 Å². The molecule has 2 aromatic rings. The fourth-order valence-corrected chi connectivity index (χ4v) is 4.12. The smallest absolute Gasteiger partial charge is 0.269 e. The van der Waals surface area contributed by atoms with Gasteiger partial charge in [0.1, 0.15) is 11.5 Å². The summed E-state index contributed by atoms with van der Waals surface area (Å²) in [5, 5.41) is 3.78. The highest BCUT2D eigenvalue weighted by Crippen LogP contribution is 2.33. The maximum absolute atomic E-state index is 13.6. The number of unbranched alkanes of at least 4 members (excludes halogenated alkanes) is 3. The van der Waals surface area contributed by atoms with Crippen molar-refractivity contribution < 1.29 is 9.18 Å². The fraction of sp³-hybridized carbons (Fsp3) is 0.471. The Kier molecular flexibility index (Phi) is 4.71. The van der Waals surface area contributed by atoms with Crippen molar-refractivity contribution in [2.75, 3.05) is 12.3 Å². The first-order valence-electron chi connectivity index (χ1n) is 7.96. The van der Waals surface area contributed by atoms with Gasteiger partial charge in [0.2, 0.25) is 0 Å². The van der Waals surface area contributed by atoms with Gasteiger partial charge in [-0.15, -0.1) is 0 Å². The third-order valence-corrected chi connectivity index (χ3v) is 5.19. The quantitative estimate of drug-likeness (QED) is 0.812. The molecule has 22 heavy (non-hydrogen) atoms. The summed E-state index contributed by atoms with van der Waals surface area (Å²) in [5.41, 5.74) is 2.63. The molecule has 1 aromatic heterocycles. The number of aromatic nitrogens is 1. The molecule has 1 amide bonds. The molecule has 1 aliphatic rings. The highest BCUT2D eigenvalue weighted by molar-refractivity contribution is 7.98. The zero-order valence-electron chi connectivity index (χ0n) is 12.8. The second kappa shape index (κ2) is 6.73. The number of benzene rings is 1. The molecule has 2 heterocycles. The molecule has 5 heteroatoms. The number of rotatable bonds is 6. The highest BCUT2D eigenvalue weighted by atomic mass is 32.2. The number of hydrogen-bond acceptors (Lipinski definition) is 2. The van der Waals surface area contributed by atoms with Gasteiger partial charge in [-0.3, -0.25) is 8.77 Å². The largest absolute Gasteiger partial charge is 0.350 e. The van der Waals surface area contributed by atoms with E-state index in [1.165, 1.54) is 25.3 Å². The van der Waals surface area contributed by atoms with Crippen molar-refractivity contribution in [3.8, 4) is 0 Å². The Morgan fingerprint density at radius 1 is 1.32 bits per heavy atom. The summed E-state index contributed by atoms with van der Waals surface area (Å²) in [6, 6.07) is 4.82. The van der Waals surface area contributed by atoms with Gasteiger partial charge in [-0.2, -0.15) is 0 Å². The van der Waals surface area contributed by atoms with Crippen LogP contribution in [0.4, 0.5) is 4.39 Å². The van der Waals surface area contributed by atoms with E-state index < -0.39 is 0 Å². The molecule has 0 atom stereocenters. The number of amides is 1. The Morgan fingerprint density at radius 3 is 3.00 bits per heavy atom. The maximum atomic E-state index is 13.6. The second-order valence-corrected chi connectivity index (χ2v) is 6.71. The summed E-state index contributed by atoms with van der Waals surface area (Å²) >= 11 is 1.66. The molecule has 1 aromatic carbocycles.